The lowest BCUT2D eigenvalue weighted by Crippen LogP contribution is -2.33. The minimum atomic E-state index is -0.595. The Morgan fingerprint density at radius 3 is 2.70 bits per heavy atom. The Kier molecular flexibility index (Phi) is 4.92. The van der Waals surface area contributed by atoms with Crippen molar-refractivity contribution in [1.29, 1.82) is 0 Å². The highest BCUT2D eigenvalue weighted by molar-refractivity contribution is 5.90. The topological polar surface area (TPSA) is 58.6 Å². The van der Waals surface area contributed by atoms with Crippen molar-refractivity contribution >= 4 is 17.7 Å². The van der Waals surface area contributed by atoms with Crippen LogP contribution in [0.1, 0.15) is 33.3 Å². The van der Waals surface area contributed by atoms with Crippen molar-refractivity contribution in [3.63, 3.8) is 0 Å². The highest BCUT2D eigenvalue weighted by Crippen LogP contribution is 2.28. The van der Waals surface area contributed by atoms with Crippen molar-refractivity contribution in [2.24, 2.45) is 5.41 Å². The molecule has 1 fully saturated rings. The fraction of sp³-hybridized carbons (Fsp3) is 0.529. The Balaban J connectivity index is 2.09. The summed E-state index contributed by atoms with van der Waals surface area (Å²) in [7, 11) is 0. The molecule has 0 unspecified atom stereocenters. The van der Waals surface area contributed by atoms with Crippen LogP contribution in [-0.4, -0.2) is 31.2 Å². The molecule has 1 saturated heterocycles. The summed E-state index contributed by atoms with van der Waals surface area (Å²) in [5.41, 5.74) is 1.16. The van der Waals surface area contributed by atoms with Crippen molar-refractivity contribution < 1.29 is 18.7 Å². The third kappa shape index (κ3) is 4.68. The molecule has 1 aromatic carbocycles. The molecular weight excluding hydrogens is 299 g/mol. The van der Waals surface area contributed by atoms with Gasteiger partial charge in [0.2, 0.25) is 5.91 Å². The van der Waals surface area contributed by atoms with Gasteiger partial charge in [-0.2, -0.15) is 0 Å². The quantitative estimate of drug-likeness (QED) is 0.927. The molecule has 6 heteroatoms. The fourth-order valence-corrected chi connectivity index (χ4v) is 2.57. The molecule has 0 radical (unpaired) electrons. The number of nitrogens with zero attached hydrogens (tertiary/aromatic N) is 1. The first kappa shape index (κ1) is 17.2. The summed E-state index contributed by atoms with van der Waals surface area (Å²) in [4.78, 5) is 24.1. The number of benzene rings is 1. The number of hydrogen-bond donors (Lipinski definition) is 1. The summed E-state index contributed by atoms with van der Waals surface area (Å²) in [5.74, 6) is -0.638. The monoisotopic (exact) mass is 322 g/mol. The molecule has 23 heavy (non-hydrogen) atoms. The highest BCUT2D eigenvalue weighted by Gasteiger charge is 2.33. The van der Waals surface area contributed by atoms with E-state index < -0.39 is 18.0 Å². The van der Waals surface area contributed by atoms with Crippen LogP contribution in [0.25, 0.3) is 0 Å². The van der Waals surface area contributed by atoms with Crippen LogP contribution in [0, 0.1) is 11.2 Å². The predicted molar refractivity (Wildman–Crippen MR) is 85.9 cm³/mol. The second kappa shape index (κ2) is 6.56. The van der Waals surface area contributed by atoms with Gasteiger partial charge < -0.3 is 10.1 Å². The summed E-state index contributed by atoms with van der Waals surface area (Å²) in [6.07, 6.45) is -0.317. The molecule has 0 aliphatic carbocycles. The Labute approximate surface area is 135 Å². The predicted octanol–water partition coefficient (Wildman–Crippen LogP) is 2.88. The van der Waals surface area contributed by atoms with Crippen molar-refractivity contribution in [2.75, 3.05) is 18.0 Å². The van der Waals surface area contributed by atoms with Gasteiger partial charge >= 0.3 is 6.09 Å². The lowest BCUT2D eigenvalue weighted by atomic mass is 9.88. The molecule has 2 rings (SSSR count). The van der Waals surface area contributed by atoms with E-state index in [0.717, 1.165) is 12.0 Å². The summed E-state index contributed by atoms with van der Waals surface area (Å²) in [6, 6.07) is 4.91. The number of carbonyl (C=O) groups is 2. The van der Waals surface area contributed by atoms with Gasteiger partial charge in [-0.15, -0.1) is 0 Å². The second-order valence-electron chi connectivity index (χ2n) is 7.08. The van der Waals surface area contributed by atoms with Crippen LogP contribution in [0.4, 0.5) is 14.9 Å². The average Bonchev–Trinajstić information content (AvgIpc) is 2.76. The summed E-state index contributed by atoms with van der Waals surface area (Å²) in [5, 5.41) is 2.59. The van der Waals surface area contributed by atoms with E-state index in [1.165, 1.54) is 17.9 Å². The SMILES string of the molecule is CC(=O)NC[C@H]1CN(c2ccc(CC(C)(C)C)cc2F)C(=O)O1. The first-order chi connectivity index (χ1) is 10.7. The zero-order valence-electron chi connectivity index (χ0n) is 14.0. The van der Waals surface area contributed by atoms with Gasteiger partial charge in [0, 0.05) is 6.92 Å². The Morgan fingerprint density at radius 1 is 1.43 bits per heavy atom. The minimum absolute atomic E-state index is 0.0595. The molecule has 126 valence electrons. The summed E-state index contributed by atoms with van der Waals surface area (Å²) < 4.78 is 19.5. The Bertz CT molecular complexity index is 610. The van der Waals surface area contributed by atoms with E-state index in [9.17, 15) is 14.0 Å². The standard InChI is InChI=1S/C17H23FN2O3/c1-11(21)19-9-13-10-20(16(22)23-13)15-6-5-12(7-14(15)18)8-17(2,3)4/h5-7,13H,8-10H2,1-4H3,(H,19,21)/t13-/m0/s1. The smallest absolute Gasteiger partial charge is 0.414 e. The van der Waals surface area contributed by atoms with Crippen LogP contribution < -0.4 is 10.2 Å². The van der Waals surface area contributed by atoms with Crippen LogP contribution >= 0.6 is 0 Å². The number of hydrogen-bond acceptors (Lipinski definition) is 3. The van der Waals surface area contributed by atoms with E-state index in [1.54, 1.807) is 6.07 Å². The third-order valence-electron chi connectivity index (χ3n) is 3.49. The van der Waals surface area contributed by atoms with Crippen LogP contribution in [0.3, 0.4) is 0 Å². The van der Waals surface area contributed by atoms with Crippen molar-refractivity contribution in [3.8, 4) is 0 Å². The maximum absolute atomic E-state index is 14.4. The zero-order valence-corrected chi connectivity index (χ0v) is 14.0. The number of rotatable bonds is 4. The van der Waals surface area contributed by atoms with E-state index in [-0.39, 0.29) is 30.1 Å². The van der Waals surface area contributed by atoms with Gasteiger partial charge in [-0.3, -0.25) is 9.69 Å². The Morgan fingerprint density at radius 2 is 2.13 bits per heavy atom. The number of amides is 2. The number of halogens is 1. The van der Waals surface area contributed by atoms with E-state index in [4.69, 9.17) is 4.74 Å². The van der Waals surface area contributed by atoms with Crippen LogP contribution in [0.2, 0.25) is 0 Å². The van der Waals surface area contributed by atoms with Gasteiger partial charge in [-0.05, 0) is 29.5 Å². The molecule has 0 bridgehead atoms. The maximum atomic E-state index is 14.4. The largest absolute Gasteiger partial charge is 0.442 e. The molecule has 1 atom stereocenters. The first-order valence-electron chi connectivity index (χ1n) is 7.67. The summed E-state index contributed by atoms with van der Waals surface area (Å²) >= 11 is 0. The molecule has 1 N–H and O–H groups in total. The number of cyclic esters (lactones) is 1. The molecule has 1 heterocycles. The molecule has 5 nitrogen and oxygen atoms in total. The Hall–Kier alpha value is -2.11. The molecular formula is C17H23FN2O3. The van der Waals surface area contributed by atoms with Gasteiger partial charge in [0.25, 0.3) is 0 Å². The third-order valence-corrected chi connectivity index (χ3v) is 3.49. The van der Waals surface area contributed by atoms with Gasteiger partial charge in [0.15, 0.2) is 0 Å². The van der Waals surface area contributed by atoms with Gasteiger partial charge in [0.1, 0.15) is 11.9 Å². The minimum Gasteiger partial charge on any atom is -0.442 e. The first-order valence-corrected chi connectivity index (χ1v) is 7.67. The van der Waals surface area contributed by atoms with Crippen molar-refractivity contribution in [3.05, 3.63) is 29.6 Å². The van der Waals surface area contributed by atoms with E-state index in [2.05, 4.69) is 26.1 Å². The fourth-order valence-electron chi connectivity index (χ4n) is 2.57. The lowest BCUT2D eigenvalue weighted by Gasteiger charge is -2.19. The zero-order chi connectivity index (χ0) is 17.2. The molecule has 0 spiro atoms. The van der Waals surface area contributed by atoms with Crippen LogP contribution in [0.15, 0.2) is 18.2 Å². The number of anilines is 1. The number of nitrogens with one attached hydrogen (secondary N) is 1. The normalized spacial score (nSPS) is 18.0. The molecule has 1 aliphatic rings. The highest BCUT2D eigenvalue weighted by atomic mass is 19.1. The van der Waals surface area contributed by atoms with E-state index >= 15 is 0 Å². The average molecular weight is 322 g/mol. The van der Waals surface area contributed by atoms with Crippen molar-refractivity contribution in [2.45, 2.75) is 40.2 Å². The van der Waals surface area contributed by atoms with Crippen LogP contribution in [0.5, 0.6) is 0 Å². The lowest BCUT2D eigenvalue weighted by molar-refractivity contribution is -0.119. The maximum Gasteiger partial charge on any atom is 0.414 e. The van der Waals surface area contributed by atoms with Crippen LogP contribution in [-0.2, 0) is 16.0 Å². The summed E-state index contributed by atoms with van der Waals surface area (Å²) in [6.45, 7) is 8.09. The number of ether oxygens (including phenoxy) is 1. The second-order valence-corrected chi connectivity index (χ2v) is 7.08. The van der Waals surface area contributed by atoms with E-state index in [1.807, 2.05) is 6.07 Å². The molecule has 2 amide bonds. The molecule has 0 saturated carbocycles. The van der Waals surface area contributed by atoms with E-state index in [0.29, 0.717) is 0 Å². The number of carbonyl (C=O) groups excluding carboxylic acids is 2. The molecule has 1 aromatic rings. The van der Waals surface area contributed by atoms with Gasteiger partial charge in [-0.1, -0.05) is 26.8 Å². The molecule has 1 aliphatic heterocycles. The van der Waals surface area contributed by atoms with Gasteiger partial charge in [-0.25, -0.2) is 9.18 Å². The van der Waals surface area contributed by atoms with Gasteiger partial charge in [0.05, 0.1) is 18.8 Å². The van der Waals surface area contributed by atoms with Crippen molar-refractivity contribution in [1.82, 2.24) is 5.32 Å². The molecule has 0 aromatic heterocycles.